The van der Waals surface area contributed by atoms with Crippen LogP contribution in [0, 0.1) is 3.95 Å². The maximum atomic E-state index is 12.6. The summed E-state index contributed by atoms with van der Waals surface area (Å²) in [4.78, 5) is 12.7. The van der Waals surface area contributed by atoms with Crippen molar-refractivity contribution in [1.29, 1.82) is 0 Å². The molecular formula is C20H22N4O3S4. The molecule has 0 unspecified atom stereocenters. The zero-order valence-electron chi connectivity index (χ0n) is 17.1. The van der Waals surface area contributed by atoms with Crippen LogP contribution in [0.5, 0.6) is 0 Å². The summed E-state index contributed by atoms with van der Waals surface area (Å²) < 4.78 is 29.9. The molecule has 0 aliphatic rings. The van der Waals surface area contributed by atoms with E-state index in [0.29, 0.717) is 14.0 Å². The second kappa shape index (κ2) is 10.0. The van der Waals surface area contributed by atoms with Crippen molar-refractivity contribution in [2.75, 3.05) is 5.32 Å². The first kappa shape index (κ1) is 23.6. The second-order valence-corrected chi connectivity index (χ2v) is 11.9. The standard InChI is InChI=1S/C20H22N4O3S4/c1-13(2)23-31(26,27)17-11-9-15(10-12-17)21-18(25)14(3)29-19-22-24(20(28)30-19)16-7-5-4-6-8-16/h4-14,23H,1-3H3,(H,21,25)/t14-/m1/s1. The molecular weight excluding hydrogens is 473 g/mol. The van der Waals surface area contributed by atoms with Crippen LogP contribution < -0.4 is 10.0 Å². The highest BCUT2D eigenvalue weighted by Crippen LogP contribution is 2.28. The number of nitrogens with one attached hydrogen (secondary N) is 2. The number of thioether (sulfide) groups is 1. The van der Waals surface area contributed by atoms with Gasteiger partial charge in [0.2, 0.25) is 15.9 Å². The van der Waals surface area contributed by atoms with Gasteiger partial charge in [-0.25, -0.2) is 17.8 Å². The molecule has 7 nitrogen and oxygen atoms in total. The van der Waals surface area contributed by atoms with Crippen LogP contribution in [0.15, 0.2) is 63.8 Å². The van der Waals surface area contributed by atoms with E-state index in [-0.39, 0.29) is 16.8 Å². The SMILES string of the molecule is CC(C)NS(=O)(=O)c1ccc(NC(=O)[C@@H](C)Sc2nn(-c3ccccc3)c(=S)s2)cc1. The van der Waals surface area contributed by atoms with Crippen LogP contribution in [0.1, 0.15) is 20.8 Å². The third-order valence-corrected chi connectivity index (χ3v) is 8.09. The maximum Gasteiger partial charge on any atom is 0.240 e. The van der Waals surface area contributed by atoms with E-state index >= 15 is 0 Å². The summed E-state index contributed by atoms with van der Waals surface area (Å²) >= 11 is 8.06. The highest BCUT2D eigenvalue weighted by molar-refractivity contribution is 8.02. The van der Waals surface area contributed by atoms with Gasteiger partial charge in [0.1, 0.15) is 0 Å². The summed E-state index contributed by atoms with van der Waals surface area (Å²) in [6.45, 7) is 5.29. The number of benzene rings is 2. The molecule has 164 valence electrons. The minimum atomic E-state index is -3.57. The molecule has 3 rings (SSSR count). The molecule has 0 spiro atoms. The van der Waals surface area contributed by atoms with Gasteiger partial charge in [0.15, 0.2) is 8.29 Å². The number of para-hydroxylation sites is 1. The molecule has 0 aliphatic heterocycles. The lowest BCUT2D eigenvalue weighted by Crippen LogP contribution is -2.30. The van der Waals surface area contributed by atoms with E-state index in [4.69, 9.17) is 12.2 Å². The molecule has 1 heterocycles. The number of anilines is 1. The lowest BCUT2D eigenvalue weighted by molar-refractivity contribution is -0.115. The topological polar surface area (TPSA) is 93.1 Å². The summed E-state index contributed by atoms with van der Waals surface area (Å²) in [6.07, 6.45) is 0. The van der Waals surface area contributed by atoms with Crippen LogP contribution in [-0.2, 0) is 14.8 Å². The Bertz CT molecular complexity index is 1200. The van der Waals surface area contributed by atoms with E-state index in [2.05, 4.69) is 15.1 Å². The molecule has 1 amide bonds. The first-order valence-corrected chi connectivity index (χ1v) is 13.0. The predicted molar refractivity (Wildman–Crippen MR) is 128 cm³/mol. The Hall–Kier alpha value is -2.05. The second-order valence-electron chi connectivity index (χ2n) is 6.93. The Kier molecular flexibility index (Phi) is 7.65. The van der Waals surface area contributed by atoms with Gasteiger partial charge in [-0.3, -0.25) is 4.79 Å². The third-order valence-electron chi connectivity index (χ3n) is 4.00. The van der Waals surface area contributed by atoms with E-state index < -0.39 is 15.3 Å². The molecule has 0 radical (unpaired) electrons. The normalized spacial score (nSPS) is 12.6. The number of carbonyl (C=O) groups excluding carboxylic acids is 1. The van der Waals surface area contributed by atoms with Gasteiger partial charge in [0, 0.05) is 11.7 Å². The van der Waals surface area contributed by atoms with Crippen LogP contribution in [0.3, 0.4) is 0 Å². The molecule has 0 saturated heterocycles. The largest absolute Gasteiger partial charge is 0.325 e. The summed E-state index contributed by atoms with van der Waals surface area (Å²) in [5, 5.41) is 6.89. The van der Waals surface area contributed by atoms with Crippen molar-refractivity contribution in [2.45, 2.75) is 41.3 Å². The van der Waals surface area contributed by atoms with Gasteiger partial charge in [0.05, 0.1) is 15.8 Å². The zero-order valence-corrected chi connectivity index (χ0v) is 20.4. The lowest BCUT2D eigenvalue weighted by Gasteiger charge is -2.12. The minimum Gasteiger partial charge on any atom is -0.325 e. The van der Waals surface area contributed by atoms with Gasteiger partial charge in [-0.05, 0) is 69.4 Å². The van der Waals surface area contributed by atoms with E-state index in [1.165, 1.54) is 35.2 Å². The average Bonchev–Trinajstić information content (AvgIpc) is 3.08. The molecule has 0 fully saturated rings. The Morgan fingerprint density at radius 1 is 1.10 bits per heavy atom. The molecule has 0 bridgehead atoms. The van der Waals surface area contributed by atoms with Gasteiger partial charge in [-0.2, -0.15) is 0 Å². The van der Waals surface area contributed by atoms with E-state index in [1.807, 2.05) is 30.3 Å². The number of aromatic nitrogens is 2. The quantitative estimate of drug-likeness (QED) is 0.355. The van der Waals surface area contributed by atoms with Crippen molar-refractivity contribution in [3.05, 3.63) is 58.6 Å². The smallest absolute Gasteiger partial charge is 0.240 e. The number of carbonyl (C=O) groups is 1. The van der Waals surface area contributed by atoms with Crippen LogP contribution >= 0.6 is 35.3 Å². The minimum absolute atomic E-state index is 0.146. The van der Waals surface area contributed by atoms with Crippen molar-refractivity contribution in [1.82, 2.24) is 14.5 Å². The summed E-state index contributed by atoms with van der Waals surface area (Å²) in [5.74, 6) is -0.215. The first-order valence-electron chi connectivity index (χ1n) is 9.41. The van der Waals surface area contributed by atoms with Crippen LogP contribution in [0.25, 0.3) is 5.69 Å². The highest BCUT2D eigenvalue weighted by atomic mass is 32.2. The highest BCUT2D eigenvalue weighted by Gasteiger charge is 2.19. The van der Waals surface area contributed by atoms with Gasteiger partial charge >= 0.3 is 0 Å². The molecule has 0 aliphatic carbocycles. The maximum absolute atomic E-state index is 12.6. The fraction of sp³-hybridized carbons (Fsp3) is 0.250. The van der Waals surface area contributed by atoms with Crippen LogP contribution in [0.4, 0.5) is 5.69 Å². The predicted octanol–water partition coefficient (Wildman–Crippen LogP) is 4.47. The molecule has 0 saturated carbocycles. The van der Waals surface area contributed by atoms with Crippen molar-refractivity contribution in [3.8, 4) is 5.69 Å². The summed E-state index contributed by atoms with van der Waals surface area (Å²) in [5.41, 5.74) is 1.39. The Morgan fingerprint density at radius 2 is 1.74 bits per heavy atom. The van der Waals surface area contributed by atoms with E-state index in [0.717, 1.165) is 5.69 Å². The zero-order chi connectivity index (χ0) is 22.6. The van der Waals surface area contributed by atoms with E-state index in [9.17, 15) is 13.2 Å². The Labute approximate surface area is 194 Å². The van der Waals surface area contributed by atoms with Crippen molar-refractivity contribution < 1.29 is 13.2 Å². The van der Waals surface area contributed by atoms with Crippen molar-refractivity contribution in [2.24, 2.45) is 0 Å². The van der Waals surface area contributed by atoms with Gasteiger partial charge in [-0.1, -0.05) is 41.3 Å². The van der Waals surface area contributed by atoms with Crippen LogP contribution in [-0.4, -0.2) is 35.4 Å². The van der Waals surface area contributed by atoms with Crippen molar-refractivity contribution in [3.63, 3.8) is 0 Å². The summed E-state index contributed by atoms with van der Waals surface area (Å²) in [7, 11) is -3.57. The summed E-state index contributed by atoms with van der Waals surface area (Å²) in [6, 6.07) is 15.4. The lowest BCUT2D eigenvalue weighted by atomic mass is 10.3. The third kappa shape index (κ3) is 6.23. The molecule has 2 N–H and O–H groups in total. The van der Waals surface area contributed by atoms with E-state index in [1.54, 1.807) is 37.6 Å². The molecule has 31 heavy (non-hydrogen) atoms. The monoisotopic (exact) mass is 494 g/mol. The molecule has 1 aromatic heterocycles. The number of hydrogen-bond donors (Lipinski definition) is 2. The molecule has 2 aromatic carbocycles. The van der Waals surface area contributed by atoms with Crippen LogP contribution in [0.2, 0.25) is 0 Å². The Morgan fingerprint density at radius 3 is 2.35 bits per heavy atom. The molecule has 3 aromatic rings. The Balaban J connectivity index is 1.64. The van der Waals surface area contributed by atoms with Gasteiger partial charge in [-0.15, -0.1) is 5.10 Å². The fourth-order valence-electron chi connectivity index (χ4n) is 2.59. The van der Waals surface area contributed by atoms with Gasteiger partial charge in [0.25, 0.3) is 0 Å². The number of hydrogen-bond acceptors (Lipinski definition) is 7. The fourth-order valence-corrected chi connectivity index (χ4v) is 6.34. The van der Waals surface area contributed by atoms with Crippen molar-refractivity contribution >= 4 is 56.9 Å². The first-order chi connectivity index (χ1) is 14.7. The number of amides is 1. The van der Waals surface area contributed by atoms with Gasteiger partial charge < -0.3 is 5.32 Å². The number of rotatable bonds is 8. The number of sulfonamides is 1. The number of nitrogens with zero attached hydrogens (tertiary/aromatic N) is 2. The molecule has 11 heteroatoms. The average molecular weight is 495 g/mol. The molecule has 1 atom stereocenters.